The number of carbonyl (C=O) groups excluding carboxylic acids is 2. The number of ether oxygens (including phenoxy) is 1. The summed E-state index contributed by atoms with van der Waals surface area (Å²) < 4.78 is 46.2. The molecule has 0 N–H and O–H groups in total. The monoisotopic (exact) mass is 587 g/mol. The predicted molar refractivity (Wildman–Crippen MR) is 152 cm³/mol. The molecule has 3 aromatic carbocycles. The molecule has 3 aliphatic heterocycles. The SMILES string of the molecule is C[C@@]12CC[C@@](CCSc3ccnc4cc(C(F)(F)F)ccc34)(O1)[C@H]1C(=O)N(c3ccc(C#N)c4ccccc34)C(=O)[C@H]12. The Morgan fingerprint density at radius 3 is 2.55 bits per heavy atom. The van der Waals surface area contributed by atoms with E-state index in [0.29, 0.717) is 52.4 Å². The number of carbonyl (C=O) groups is 2. The lowest BCUT2D eigenvalue weighted by Gasteiger charge is -2.31. The van der Waals surface area contributed by atoms with Crippen molar-refractivity contribution in [3.63, 3.8) is 0 Å². The van der Waals surface area contributed by atoms with E-state index in [1.807, 2.05) is 31.2 Å². The number of amides is 2. The molecule has 4 atom stereocenters. The Morgan fingerprint density at radius 2 is 1.79 bits per heavy atom. The van der Waals surface area contributed by atoms with Gasteiger partial charge in [0.05, 0.1) is 51.4 Å². The zero-order valence-corrected chi connectivity index (χ0v) is 23.3. The van der Waals surface area contributed by atoms with Gasteiger partial charge < -0.3 is 4.74 Å². The van der Waals surface area contributed by atoms with Gasteiger partial charge in [0.2, 0.25) is 11.8 Å². The molecule has 0 unspecified atom stereocenters. The number of alkyl halides is 3. The number of nitrogens with zero attached hydrogens (tertiary/aromatic N) is 3. The number of benzene rings is 3. The first-order valence-electron chi connectivity index (χ1n) is 13.6. The van der Waals surface area contributed by atoms with Crippen LogP contribution in [0.4, 0.5) is 18.9 Å². The number of rotatable bonds is 5. The van der Waals surface area contributed by atoms with Crippen LogP contribution in [0.3, 0.4) is 0 Å². The van der Waals surface area contributed by atoms with E-state index in [9.17, 15) is 28.0 Å². The maximum absolute atomic E-state index is 14.1. The number of thioether (sulfide) groups is 1. The van der Waals surface area contributed by atoms with Crippen molar-refractivity contribution in [3.05, 3.63) is 78.0 Å². The van der Waals surface area contributed by atoms with Crippen molar-refractivity contribution >= 4 is 50.9 Å². The van der Waals surface area contributed by atoms with Crippen LogP contribution in [0, 0.1) is 23.2 Å². The Kier molecular flexibility index (Phi) is 5.95. The van der Waals surface area contributed by atoms with Crippen molar-refractivity contribution in [3.8, 4) is 6.07 Å². The molecule has 6 nitrogen and oxygen atoms in total. The summed E-state index contributed by atoms with van der Waals surface area (Å²) in [7, 11) is 0. The van der Waals surface area contributed by atoms with Gasteiger partial charge in [0.15, 0.2) is 0 Å². The van der Waals surface area contributed by atoms with E-state index < -0.39 is 34.8 Å². The van der Waals surface area contributed by atoms with Crippen LogP contribution in [0.1, 0.15) is 37.3 Å². The Hall–Kier alpha value is -3.94. The fourth-order valence-electron chi connectivity index (χ4n) is 7.18. The first-order valence-corrected chi connectivity index (χ1v) is 14.6. The fraction of sp³-hybridized carbons (Fsp3) is 0.312. The summed E-state index contributed by atoms with van der Waals surface area (Å²) in [6.45, 7) is 1.91. The maximum Gasteiger partial charge on any atom is 0.416 e. The molecule has 0 radical (unpaired) electrons. The van der Waals surface area contributed by atoms with Crippen molar-refractivity contribution in [1.82, 2.24) is 4.98 Å². The van der Waals surface area contributed by atoms with Crippen LogP contribution >= 0.6 is 11.8 Å². The van der Waals surface area contributed by atoms with E-state index in [2.05, 4.69) is 11.1 Å². The maximum atomic E-state index is 14.1. The molecular weight excluding hydrogens is 563 g/mol. The summed E-state index contributed by atoms with van der Waals surface area (Å²) in [6.07, 6.45) is -1.17. The van der Waals surface area contributed by atoms with Gasteiger partial charge >= 0.3 is 6.18 Å². The average molecular weight is 588 g/mol. The van der Waals surface area contributed by atoms with E-state index in [4.69, 9.17) is 4.74 Å². The number of aromatic nitrogens is 1. The second-order valence-corrected chi connectivity index (χ2v) is 12.5. The van der Waals surface area contributed by atoms with Gasteiger partial charge in [-0.3, -0.25) is 14.6 Å². The van der Waals surface area contributed by atoms with Gasteiger partial charge in [-0.05, 0) is 56.5 Å². The molecule has 3 saturated heterocycles. The molecule has 4 aromatic rings. The normalized spacial score (nSPS) is 26.8. The van der Waals surface area contributed by atoms with E-state index in [1.165, 1.54) is 28.9 Å². The van der Waals surface area contributed by atoms with Crippen molar-refractivity contribution < 1.29 is 27.5 Å². The van der Waals surface area contributed by atoms with Crippen LogP contribution in [-0.2, 0) is 20.5 Å². The lowest BCUT2D eigenvalue weighted by atomic mass is 9.67. The van der Waals surface area contributed by atoms with Crippen molar-refractivity contribution in [2.75, 3.05) is 10.7 Å². The van der Waals surface area contributed by atoms with Gasteiger partial charge in [-0.25, -0.2) is 4.90 Å². The van der Waals surface area contributed by atoms with Gasteiger partial charge in [0, 0.05) is 33.0 Å². The first kappa shape index (κ1) is 26.9. The second-order valence-electron chi connectivity index (χ2n) is 11.4. The Bertz CT molecular complexity index is 1850. The van der Waals surface area contributed by atoms with E-state index in [0.717, 1.165) is 17.0 Å². The Balaban J connectivity index is 1.18. The molecule has 4 heterocycles. The minimum atomic E-state index is -4.45. The number of nitriles is 1. The van der Waals surface area contributed by atoms with E-state index >= 15 is 0 Å². The highest BCUT2D eigenvalue weighted by molar-refractivity contribution is 7.99. The Labute approximate surface area is 243 Å². The molecule has 1 aromatic heterocycles. The van der Waals surface area contributed by atoms with Crippen LogP contribution in [0.25, 0.3) is 21.7 Å². The summed E-state index contributed by atoms with van der Waals surface area (Å²) in [5.74, 6) is -1.27. The number of fused-ring (bicyclic) bond motifs is 7. The smallest absolute Gasteiger partial charge is 0.367 e. The molecule has 2 bridgehead atoms. The number of pyridine rings is 1. The lowest BCUT2D eigenvalue weighted by molar-refractivity contribution is -0.137. The van der Waals surface area contributed by atoms with Gasteiger partial charge in [-0.15, -0.1) is 11.8 Å². The summed E-state index contributed by atoms with van der Waals surface area (Å²) in [4.78, 5) is 34.3. The molecule has 2 amide bonds. The molecule has 212 valence electrons. The molecular formula is C32H24F3N3O3S. The number of halogens is 3. The molecule has 0 saturated carbocycles. The fourth-order valence-corrected chi connectivity index (χ4v) is 8.33. The van der Waals surface area contributed by atoms with Crippen LogP contribution in [0.5, 0.6) is 0 Å². The third-order valence-electron chi connectivity index (χ3n) is 9.09. The molecule has 0 aliphatic carbocycles. The van der Waals surface area contributed by atoms with E-state index in [-0.39, 0.29) is 17.3 Å². The van der Waals surface area contributed by atoms with Crippen molar-refractivity contribution in [2.45, 2.75) is 48.5 Å². The highest BCUT2D eigenvalue weighted by Gasteiger charge is 2.73. The van der Waals surface area contributed by atoms with Gasteiger partial charge in [0.25, 0.3) is 0 Å². The van der Waals surface area contributed by atoms with Gasteiger partial charge in [0.1, 0.15) is 0 Å². The largest absolute Gasteiger partial charge is 0.416 e. The molecule has 42 heavy (non-hydrogen) atoms. The molecule has 10 heteroatoms. The van der Waals surface area contributed by atoms with Crippen molar-refractivity contribution in [2.24, 2.45) is 11.8 Å². The highest BCUT2D eigenvalue weighted by Crippen LogP contribution is 2.62. The third kappa shape index (κ3) is 3.87. The molecule has 7 rings (SSSR count). The average Bonchev–Trinajstić information content (AvgIpc) is 3.55. The van der Waals surface area contributed by atoms with Gasteiger partial charge in [-0.2, -0.15) is 18.4 Å². The number of hydrogen-bond donors (Lipinski definition) is 0. The van der Waals surface area contributed by atoms with Crippen LogP contribution in [-0.4, -0.2) is 33.8 Å². The Morgan fingerprint density at radius 1 is 1.02 bits per heavy atom. The summed E-state index contributed by atoms with van der Waals surface area (Å²) in [6, 6.07) is 18.1. The highest BCUT2D eigenvalue weighted by atomic mass is 32.2. The van der Waals surface area contributed by atoms with E-state index in [1.54, 1.807) is 18.2 Å². The number of hydrogen-bond acceptors (Lipinski definition) is 6. The predicted octanol–water partition coefficient (Wildman–Crippen LogP) is 6.89. The first-order chi connectivity index (χ1) is 20.1. The van der Waals surface area contributed by atoms with Crippen LogP contribution in [0.15, 0.2) is 71.8 Å². The minimum Gasteiger partial charge on any atom is -0.367 e. The van der Waals surface area contributed by atoms with Crippen LogP contribution in [0.2, 0.25) is 0 Å². The number of imide groups is 1. The number of anilines is 1. The molecule has 0 spiro atoms. The lowest BCUT2D eigenvalue weighted by Crippen LogP contribution is -2.42. The van der Waals surface area contributed by atoms with Crippen molar-refractivity contribution in [1.29, 1.82) is 5.26 Å². The summed E-state index contributed by atoms with van der Waals surface area (Å²) >= 11 is 1.48. The van der Waals surface area contributed by atoms with Crippen LogP contribution < -0.4 is 4.90 Å². The minimum absolute atomic E-state index is 0.264. The summed E-state index contributed by atoms with van der Waals surface area (Å²) in [5.41, 5.74) is -1.12. The quantitative estimate of drug-likeness (QED) is 0.187. The third-order valence-corrected chi connectivity index (χ3v) is 10.2. The zero-order chi connectivity index (χ0) is 29.4. The zero-order valence-electron chi connectivity index (χ0n) is 22.4. The van der Waals surface area contributed by atoms with Gasteiger partial charge in [-0.1, -0.05) is 30.3 Å². The topological polar surface area (TPSA) is 83.3 Å². The second kappa shape index (κ2) is 9.28. The summed E-state index contributed by atoms with van der Waals surface area (Å²) in [5, 5.41) is 11.5. The molecule has 3 aliphatic rings. The standard InChI is InChI=1S/C32H24F3N3O3S/c1-30-11-12-31(41-30,13-15-42-25-10-14-37-23-16-19(32(33,34)35)7-8-22(23)25)27-26(30)28(39)38(29(27)40)24-9-6-18(17-36)20-4-2-3-5-21(20)24/h2-10,14,16,26-27H,11-13,15H2,1H3/t26-,27+,30-,31-/m0/s1. The molecule has 3 fully saturated rings.